The number of fused-ring (bicyclic) bond motifs is 1. The molecule has 5 nitrogen and oxygen atoms in total. The number of aryl methyl sites for hydroxylation is 2. The van der Waals surface area contributed by atoms with E-state index in [2.05, 4.69) is 90.6 Å². The quantitative estimate of drug-likeness (QED) is 0.556. The van der Waals surface area contributed by atoms with Crippen molar-refractivity contribution in [3.05, 3.63) is 59.7 Å². The smallest absolute Gasteiger partial charge is 0.206 e. The zero-order chi connectivity index (χ0) is 22.7. The molecule has 0 amide bonds. The van der Waals surface area contributed by atoms with Crippen LogP contribution in [0.2, 0.25) is 0 Å². The van der Waals surface area contributed by atoms with Crippen molar-refractivity contribution in [1.29, 1.82) is 0 Å². The highest BCUT2D eigenvalue weighted by Gasteiger charge is 2.32. The van der Waals surface area contributed by atoms with Crippen molar-refractivity contribution < 1.29 is 0 Å². The maximum atomic E-state index is 7.01. The minimum atomic E-state index is -0.265. The standard InChI is InChI=1S/C27H39N5/c1-5-32-25-14-9-8-13-24(25)29-26(32)31-19-17-30(18-20-31)16-10-15-27(28,21(2)3)23-12-7-6-11-22(23)4/h6-9,11-14,21H,5,10,15-20,28H2,1-4H3. The molecule has 1 unspecified atom stereocenters. The summed E-state index contributed by atoms with van der Waals surface area (Å²) in [4.78, 5) is 9.99. The Bertz CT molecular complexity index is 1030. The Kier molecular flexibility index (Phi) is 6.87. The summed E-state index contributed by atoms with van der Waals surface area (Å²) in [6.07, 6.45) is 2.14. The molecule has 4 rings (SSSR count). The van der Waals surface area contributed by atoms with Crippen LogP contribution in [0.3, 0.4) is 0 Å². The highest BCUT2D eigenvalue weighted by Crippen LogP contribution is 2.34. The topological polar surface area (TPSA) is 50.3 Å². The highest BCUT2D eigenvalue weighted by atomic mass is 15.4. The SMILES string of the molecule is CCn1c(N2CCN(CCCC(N)(c3ccccc3C)C(C)C)CC2)nc2ccccc21. The van der Waals surface area contributed by atoms with Gasteiger partial charge in [-0.25, -0.2) is 4.98 Å². The summed E-state index contributed by atoms with van der Waals surface area (Å²) in [5.41, 5.74) is 11.7. The number of hydrogen-bond donors (Lipinski definition) is 1. The van der Waals surface area contributed by atoms with Crippen LogP contribution in [0.15, 0.2) is 48.5 Å². The van der Waals surface area contributed by atoms with Crippen LogP contribution in [0.1, 0.15) is 44.7 Å². The molecule has 1 aliphatic heterocycles. The molecule has 1 aliphatic rings. The first-order valence-corrected chi connectivity index (χ1v) is 12.2. The van der Waals surface area contributed by atoms with Crippen molar-refractivity contribution in [2.75, 3.05) is 37.6 Å². The number of piperazine rings is 1. The van der Waals surface area contributed by atoms with E-state index in [4.69, 9.17) is 10.7 Å². The molecule has 172 valence electrons. The van der Waals surface area contributed by atoms with Crippen molar-refractivity contribution in [1.82, 2.24) is 14.5 Å². The average molecular weight is 434 g/mol. The van der Waals surface area contributed by atoms with Crippen LogP contribution in [0.5, 0.6) is 0 Å². The van der Waals surface area contributed by atoms with Crippen molar-refractivity contribution in [2.45, 2.75) is 52.6 Å². The van der Waals surface area contributed by atoms with Crippen LogP contribution >= 0.6 is 0 Å². The summed E-state index contributed by atoms with van der Waals surface area (Å²) in [7, 11) is 0. The molecule has 32 heavy (non-hydrogen) atoms. The summed E-state index contributed by atoms with van der Waals surface area (Å²) in [5.74, 6) is 1.52. The van der Waals surface area contributed by atoms with E-state index < -0.39 is 0 Å². The fourth-order valence-corrected chi connectivity index (χ4v) is 5.21. The number of nitrogens with two attached hydrogens (primary N) is 1. The highest BCUT2D eigenvalue weighted by molar-refractivity contribution is 5.78. The van der Waals surface area contributed by atoms with Crippen molar-refractivity contribution >= 4 is 17.0 Å². The summed E-state index contributed by atoms with van der Waals surface area (Å²) < 4.78 is 2.35. The van der Waals surface area contributed by atoms with E-state index in [9.17, 15) is 0 Å². The molecule has 0 bridgehead atoms. The van der Waals surface area contributed by atoms with Gasteiger partial charge in [-0.05, 0) is 62.4 Å². The van der Waals surface area contributed by atoms with E-state index in [1.54, 1.807) is 0 Å². The molecule has 0 radical (unpaired) electrons. The maximum Gasteiger partial charge on any atom is 0.206 e. The van der Waals surface area contributed by atoms with E-state index in [0.717, 1.165) is 63.6 Å². The molecule has 1 saturated heterocycles. The van der Waals surface area contributed by atoms with Gasteiger partial charge in [0.1, 0.15) is 0 Å². The molecule has 2 N–H and O–H groups in total. The zero-order valence-corrected chi connectivity index (χ0v) is 20.2. The third-order valence-electron chi connectivity index (χ3n) is 7.35. The molecular weight excluding hydrogens is 394 g/mol. The molecule has 1 atom stereocenters. The van der Waals surface area contributed by atoms with Gasteiger partial charge in [0.05, 0.1) is 11.0 Å². The molecule has 5 heteroatoms. The minimum Gasteiger partial charge on any atom is -0.340 e. The molecule has 0 saturated carbocycles. The van der Waals surface area contributed by atoms with Gasteiger partial charge in [-0.1, -0.05) is 50.2 Å². The average Bonchev–Trinajstić information content (AvgIpc) is 3.18. The molecule has 0 aliphatic carbocycles. The summed E-state index contributed by atoms with van der Waals surface area (Å²) in [6.45, 7) is 15.2. The maximum absolute atomic E-state index is 7.01. The van der Waals surface area contributed by atoms with Gasteiger partial charge in [0.25, 0.3) is 0 Å². The Morgan fingerprint density at radius 2 is 1.69 bits per heavy atom. The second kappa shape index (κ2) is 9.63. The molecule has 1 aromatic heterocycles. The third kappa shape index (κ3) is 4.41. The van der Waals surface area contributed by atoms with Crippen LogP contribution in [0.4, 0.5) is 5.95 Å². The van der Waals surface area contributed by atoms with Gasteiger partial charge < -0.3 is 15.2 Å². The summed E-state index contributed by atoms with van der Waals surface area (Å²) in [5, 5.41) is 0. The van der Waals surface area contributed by atoms with Gasteiger partial charge in [-0.3, -0.25) is 4.90 Å². The molecule has 1 fully saturated rings. The molecule has 3 aromatic rings. The van der Waals surface area contributed by atoms with Gasteiger partial charge in [0, 0.05) is 38.3 Å². The van der Waals surface area contributed by atoms with E-state index in [1.807, 2.05) is 0 Å². The lowest BCUT2D eigenvalue weighted by Gasteiger charge is -2.38. The largest absolute Gasteiger partial charge is 0.340 e. The number of hydrogen-bond acceptors (Lipinski definition) is 4. The van der Waals surface area contributed by atoms with Crippen LogP contribution < -0.4 is 10.6 Å². The Morgan fingerprint density at radius 3 is 2.38 bits per heavy atom. The number of nitrogens with zero attached hydrogens (tertiary/aromatic N) is 4. The Balaban J connectivity index is 1.35. The predicted molar refractivity (Wildman–Crippen MR) is 135 cm³/mol. The number of imidazole rings is 1. The molecule has 0 spiro atoms. The lowest BCUT2D eigenvalue weighted by molar-refractivity contribution is 0.222. The zero-order valence-electron chi connectivity index (χ0n) is 20.2. The lowest BCUT2D eigenvalue weighted by atomic mass is 9.75. The van der Waals surface area contributed by atoms with Crippen molar-refractivity contribution in [3.8, 4) is 0 Å². The van der Waals surface area contributed by atoms with Gasteiger partial charge in [0.2, 0.25) is 5.95 Å². The predicted octanol–water partition coefficient (Wildman–Crippen LogP) is 4.78. The van der Waals surface area contributed by atoms with Crippen molar-refractivity contribution in [3.63, 3.8) is 0 Å². The first-order valence-electron chi connectivity index (χ1n) is 12.2. The van der Waals surface area contributed by atoms with Crippen LogP contribution in [-0.4, -0.2) is 47.2 Å². The number of para-hydroxylation sites is 2. The second-order valence-corrected chi connectivity index (χ2v) is 9.59. The number of anilines is 1. The number of rotatable bonds is 8. The minimum absolute atomic E-state index is 0.265. The van der Waals surface area contributed by atoms with E-state index in [1.165, 1.54) is 16.6 Å². The summed E-state index contributed by atoms with van der Waals surface area (Å²) >= 11 is 0. The van der Waals surface area contributed by atoms with E-state index in [-0.39, 0.29) is 5.54 Å². The monoisotopic (exact) mass is 433 g/mol. The van der Waals surface area contributed by atoms with E-state index in [0.29, 0.717) is 5.92 Å². The van der Waals surface area contributed by atoms with Gasteiger partial charge in [-0.15, -0.1) is 0 Å². The first-order chi connectivity index (χ1) is 15.4. The summed E-state index contributed by atoms with van der Waals surface area (Å²) in [6, 6.07) is 17.1. The molecule has 2 heterocycles. The van der Waals surface area contributed by atoms with Crippen LogP contribution in [0, 0.1) is 12.8 Å². The Morgan fingerprint density at radius 1 is 1.00 bits per heavy atom. The van der Waals surface area contributed by atoms with Gasteiger partial charge >= 0.3 is 0 Å². The third-order valence-corrected chi connectivity index (χ3v) is 7.35. The van der Waals surface area contributed by atoms with E-state index >= 15 is 0 Å². The lowest BCUT2D eigenvalue weighted by Crippen LogP contribution is -2.48. The van der Waals surface area contributed by atoms with Crippen LogP contribution in [-0.2, 0) is 12.1 Å². The van der Waals surface area contributed by atoms with Gasteiger partial charge in [-0.2, -0.15) is 0 Å². The number of aromatic nitrogens is 2. The van der Waals surface area contributed by atoms with Crippen LogP contribution in [0.25, 0.3) is 11.0 Å². The second-order valence-electron chi connectivity index (χ2n) is 9.59. The van der Waals surface area contributed by atoms with Gasteiger partial charge in [0.15, 0.2) is 0 Å². The van der Waals surface area contributed by atoms with Crippen molar-refractivity contribution in [2.24, 2.45) is 11.7 Å². The fraction of sp³-hybridized carbons (Fsp3) is 0.519. The Hall–Kier alpha value is -2.37. The molecule has 2 aromatic carbocycles. The Labute approximate surface area is 193 Å². The normalized spacial score (nSPS) is 17.2. The fourth-order valence-electron chi connectivity index (χ4n) is 5.21. The first kappa shape index (κ1) is 22.8. The number of benzene rings is 2. The molecular formula is C27H39N5.